The summed E-state index contributed by atoms with van der Waals surface area (Å²) < 4.78 is 1.02. The number of hydrogen-bond acceptors (Lipinski definition) is 1. The highest BCUT2D eigenvalue weighted by Gasteiger charge is 2.12. The summed E-state index contributed by atoms with van der Waals surface area (Å²) in [4.78, 5) is 0. The minimum absolute atomic E-state index is 0.126. The van der Waals surface area contributed by atoms with E-state index in [1.165, 1.54) is 0 Å². The molecule has 0 heterocycles. The van der Waals surface area contributed by atoms with Crippen molar-refractivity contribution in [2.24, 2.45) is 5.41 Å². The average molecular weight is 214 g/mol. The Balaban J connectivity index is 3.36. The van der Waals surface area contributed by atoms with E-state index in [-0.39, 0.29) is 12.0 Å². The highest BCUT2D eigenvalue weighted by molar-refractivity contribution is 14.1. The maximum absolute atomic E-state index is 8.59. The second-order valence-electron chi connectivity index (χ2n) is 2.46. The van der Waals surface area contributed by atoms with E-state index < -0.39 is 0 Å². The topological polar surface area (TPSA) is 20.2 Å². The molecule has 0 spiro atoms. The standard InChI is InChI=1S/C5H11IO/c1-5(2,3-6)4-7/h7H,3-4H2,1-2H3. The Morgan fingerprint density at radius 3 is 2.00 bits per heavy atom. The molecule has 0 aromatic heterocycles. The quantitative estimate of drug-likeness (QED) is 0.544. The number of halogens is 1. The minimum atomic E-state index is 0.126. The Bertz CT molecular complexity index is 46.0. The normalized spacial score (nSPS) is 12.0. The van der Waals surface area contributed by atoms with E-state index in [4.69, 9.17) is 5.11 Å². The summed E-state index contributed by atoms with van der Waals surface area (Å²) in [5.74, 6) is 0. The molecular weight excluding hydrogens is 203 g/mol. The third-order valence-corrected chi connectivity index (χ3v) is 2.85. The van der Waals surface area contributed by atoms with Crippen molar-refractivity contribution in [3.63, 3.8) is 0 Å². The van der Waals surface area contributed by atoms with Crippen molar-refractivity contribution in [2.75, 3.05) is 11.0 Å². The van der Waals surface area contributed by atoms with E-state index in [0.717, 1.165) is 4.43 Å². The van der Waals surface area contributed by atoms with Gasteiger partial charge >= 0.3 is 0 Å². The van der Waals surface area contributed by atoms with Crippen LogP contribution in [0.4, 0.5) is 0 Å². The highest BCUT2D eigenvalue weighted by Crippen LogP contribution is 2.15. The monoisotopic (exact) mass is 214 g/mol. The Hall–Kier alpha value is 0.690. The molecule has 7 heavy (non-hydrogen) atoms. The Morgan fingerprint density at radius 2 is 2.00 bits per heavy atom. The van der Waals surface area contributed by atoms with E-state index in [9.17, 15) is 0 Å². The molecule has 44 valence electrons. The van der Waals surface area contributed by atoms with Crippen LogP contribution in [-0.4, -0.2) is 16.1 Å². The zero-order valence-corrected chi connectivity index (χ0v) is 6.90. The zero-order chi connectivity index (χ0) is 5.91. The maximum atomic E-state index is 8.59. The fourth-order valence-corrected chi connectivity index (χ4v) is 0.283. The van der Waals surface area contributed by atoms with E-state index in [0.29, 0.717) is 0 Å². The average Bonchev–Trinajstić information content (AvgIpc) is 1.68. The lowest BCUT2D eigenvalue weighted by Gasteiger charge is -2.16. The summed E-state index contributed by atoms with van der Waals surface area (Å²) in [5.41, 5.74) is 0.126. The van der Waals surface area contributed by atoms with Crippen LogP contribution in [0.1, 0.15) is 13.8 Å². The summed E-state index contributed by atoms with van der Waals surface area (Å²) in [5, 5.41) is 8.59. The Labute approximate surface area is 58.3 Å². The van der Waals surface area contributed by atoms with E-state index >= 15 is 0 Å². The molecular formula is C5H11IO. The summed E-state index contributed by atoms with van der Waals surface area (Å²) >= 11 is 2.27. The van der Waals surface area contributed by atoms with Gasteiger partial charge in [0.25, 0.3) is 0 Å². The minimum Gasteiger partial charge on any atom is -0.396 e. The van der Waals surface area contributed by atoms with Gasteiger partial charge in [0.05, 0.1) is 0 Å². The van der Waals surface area contributed by atoms with Gasteiger partial charge in [0.15, 0.2) is 0 Å². The van der Waals surface area contributed by atoms with Gasteiger partial charge in [-0.3, -0.25) is 0 Å². The number of alkyl halides is 1. The van der Waals surface area contributed by atoms with Crippen LogP contribution in [0.2, 0.25) is 0 Å². The molecule has 0 aliphatic rings. The first-order valence-corrected chi connectivity index (χ1v) is 3.82. The van der Waals surface area contributed by atoms with Crippen LogP contribution >= 0.6 is 22.6 Å². The van der Waals surface area contributed by atoms with Crippen molar-refractivity contribution < 1.29 is 5.11 Å². The second-order valence-corrected chi connectivity index (χ2v) is 3.22. The van der Waals surface area contributed by atoms with Crippen molar-refractivity contribution in [3.8, 4) is 0 Å². The Morgan fingerprint density at radius 1 is 1.57 bits per heavy atom. The van der Waals surface area contributed by atoms with Crippen molar-refractivity contribution in [1.29, 1.82) is 0 Å². The van der Waals surface area contributed by atoms with Crippen molar-refractivity contribution in [2.45, 2.75) is 13.8 Å². The van der Waals surface area contributed by atoms with Crippen LogP contribution in [0.3, 0.4) is 0 Å². The molecule has 0 bridgehead atoms. The smallest absolute Gasteiger partial charge is 0.0489 e. The molecule has 0 amide bonds. The molecule has 0 atom stereocenters. The molecule has 0 aromatic carbocycles. The lowest BCUT2D eigenvalue weighted by atomic mass is 9.99. The number of rotatable bonds is 2. The van der Waals surface area contributed by atoms with Gasteiger partial charge in [0.1, 0.15) is 0 Å². The van der Waals surface area contributed by atoms with E-state index in [1.54, 1.807) is 0 Å². The molecule has 1 N–H and O–H groups in total. The summed E-state index contributed by atoms with van der Waals surface area (Å²) in [6, 6.07) is 0. The van der Waals surface area contributed by atoms with Gasteiger partial charge in [-0.1, -0.05) is 36.4 Å². The molecule has 0 aromatic rings. The predicted molar refractivity (Wildman–Crippen MR) is 39.8 cm³/mol. The molecule has 0 saturated carbocycles. The SMILES string of the molecule is CC(C)(CO)CI. The van der Waals surface area contributed by atoms with Crippen LogP contribution in [0, 0.1) is 5.41 Å². The molecule has 0 unspecified atom stereocenters. The van der Waals surface area contributed by atoms with Crippen LogP contribution in [0.15, 0.2) is 0 Å². The van der Waals surface area contributed by atoms with Gasteiger partial charge in [0.2, 0.25) is 0 Å². The molecule has 0 rings (SSSR count). The van der Waals surface area contributed by atoms with E-state index in [1.807, 2.05) is 13.8 Å². The molecule has 0 fully saturated rings. The molecule has 0 aliphatic carbocycles. The van der Waals surface area contributed by atoms with Crippen LogP contribution in [0.5, 0.6) is 0 Å². The first kappa shape index (κ1) is 7.69. The zero-order valence-electron chi connectivity index (χ0n) is 4.74. The number of hydrogen-bond donors (Lipinski definition) is 1. The van der Waals surface area contributed by atoms with Gasteiger partial charge in [0, 0.05) is 11.0 Å². The third-order valence-electron chi connectivity index (χ3n) is 0.790. The largest absolute Gasteiger partial charge is 0.396 e. The van der Waals surface area contributed by atoms with Gasteiger partial charge in [-0.25, -0.2) is 0 Å². The predicted octanol–water partition coefficient (Wildman–Crippen LogP) is 1.44. The fraction of sp³-hybridized carbons (Fsp3) is 1.00. The lowest BCUT2D eigenvalue weighted by molar-refractivity contribution is 0.183. The van der Waals surface area contributed by atoms with E-state index in [2.05, 4.69) is 22.6 Å². The first-order valence-electron chi connectivity index (χ1n) is 2.29. The van der Waals surface area contributed by atoms with Gasteiger partial charge in [-0.05, 0) is 5.41 Å². The molecule has 2 heteroatoms. The summed E-state index contributed by atoms with van der Waals surface area (Å²) in [6.07, 6.45) is 0. The number of aliphatic hydroxyl groups is 1. The van der Waals surface area contributed by atoms with Crippen molar-refractivity contribution in [1.82, 2.24) is 0 Å². The lowest BCUT2D eigenvalue weighted by Crippen LogP contribution is -2.17. The summed E-state index contributed by atoms with van der Waals surface area (Å²) in [7, 11) is 0. The van der Waals surface area contributed by atoms with Crippen LogP contribution in [-0.2, 0) is 0 Å². The molecule has 1 nitrogen and oxygen atoms in total. The highest BCUT2D eigenvalue weighted by atomic mass is 127. The number of aliphatic hydroxyl groups excluding tert-OH is 1. The molecule has 0 radical (unpaired) electrons. The first-order chi connectivity index (χ1) is 3.12. The second kappa shape index (κ2) is 2.87. The van der Waals surface area contributed by atoms with Gasteiger partial charge < -0.3 is 5.11 Å². The van der Waals surface area contributed by atoms with Crippen molar-refractivity contribution in [3.05, 3.63) is 0 Å². The van der Waals surface area contributed by atoms with Gasteiger partial charge in [-0.2, -0.15) is 0 Å². The van der Waals surface area contributed by atoms with Crippen molar-refractivity contribution >= 4 is 22.6 Å². The Kier molecular flexibility index (Phi) is 3.15. The fourth-order valence-electron chi connectivity index (χ4n) is 0.0423. The van der Waals surface area contributed by atoms with Crippen LogP contribution < -0.4 is 0 Å². The summed E-state index contributed by atoms with van der Waals surface area (Å²) in [6.45, 7) is 4.37. The molecule has 0 saturated heterocycles. The maximum Gasteiger partial charge on any atom is 0.0489 e. The van der Waals surface area contributed by atoms with Gasteiger partial charge in [-0.15, -0.1) is 0 Å². The third kappa shape index (κ3) is 3.29. The van der Waals surface area contributed by atoms with Crippen LogP contribution in [0.25, 0.3) is 0 Å². The molecule has 0 aliphatic heterocycles.